The molecule has 1 saturated heterocycles. The van der Waals surface area contributed by atoms with Gasteiger partial charge in [-0.2, -0.15) is 0 Å². The lowest BCUT2D eigenvalue weighted by molar-refractivity contribution is -0.0614. The number of anilines is 3. The first-order chi connectivity index (χ1) is 11.5. The van der Waals surface area contributed by atoms with Crippen LogP contribution in [0.15, 0.2) is 48.5 Å². The third-order valence-corrected chi connectivity index (χ3v) is 4.26. The minimum absolute atomic E-state index is 0.0234. The van der Waals surface area contributed by atoms with Gasteiger partial charge in [-0.3, -0.25) is 0 Å². The van der Waals surface area contributed by atoms with Crippen molar-refractivity contribution in [2.75, 3.05) is 22.5 Å². The Balaban J connectivity index is 1.63. The summed E-state index contributed by atoms with van der Waals surface area (Å²) in [4.78, 5) is 1.77. The lowest BCUT2D eigenvalue weighted by Gasteiger charge is -2.39. The molecule has 0 bridgehead atoms. The quantitative estimate of drug-likeness (QED) is 0.662. The smallest absolute Gasteiger partial charge is 0.198 e. The molecule has 3 unspecified atom stereocenters. The predicted octanol–water partition coefficient (Wildman–Crippen LogP) is 3.79. The van der Waals surface area contributed by atoms with Crippen LogP contribution < -0.4 is 16.0 Å². The highest BCUT2D eigenvalue weighted by atomic mass is 19.1. The zero-order valence-corrected chi connectivity index (χ0v) is 14.1. The summed E-state index contributed by atoms with van der Waals surface area (Å²) in [5.74, 6) is 0. The van der Waals surface area contributed by atoms with Crippen LogP contribution in [-0.2, 0) is 11.3 Å². The fraction of sp³-hybridized carbons (Fsp3) is 0.368. The number of benzene rings is 2. The Morgan fingerprint density at radius 1 is 1.12 bits per heavy atom. The van der Waals surface area contributed by atoms with Gasteiger partial charge in [-0.25, -0.2) is 4.39 Å². The topological polar surface area (TPSA) is 50.5 Å². The number of rotatable bonds is 4. The first kappa shape index (κ1) is 16.6. The number of nitrogens with one attached hydrogen (secondary N) is 1. The van der Waals surface area contributed by atoms with Gasteiger partial charge < -0.3 is 20.7 Å². The van der Waals surface area contributed by atoms with Crippen LogP contribution in [0.5, 0.6) is 0 Å². The molecular formula is C19H24FN3O. The van der Waals surface area contributed by atoms with E-state index < -0.39 is 12.4 Å². The van der Waals surface area contributed by atoms with Gasteiger partial charge in [0, 0.05) is 30.2 Å². The van der Waals surface area contributed by atoms with E-state index in [4.69, 9.17) is 10.5 Å². The number of alkyl halides is 1. The maximum Gasteiger partial charge on any atom is 0.198 e. The molecule has 3 rings (SSSR count). The second-order valence-electron chi connectivity index (χ2n) is 6.32. The number of hydrogen-bond acceptors (Lipinski definition) is 4. The van der Waals surface area contributed by atoms with E-state index in [1.807, 2.05) is 55.5 Å². The van der Waals surface area contributed by atoms with Gasteiger partial charge >= 0.3 is 0 Å². The SMILES string of the molecule is CC1CN(c2ccc(NCc3ccc(N)cc3)cc2)C(F)C(C)O1. The maximum absolute atomic E-state index is 14.4. The highest BCUT2D eigenvalue weighted by Crippen LogP contribution is 2.27. The molecular weight excluding hydrogens is 305 g/mol. The highest BCUT2D eigenvalue weighted by Gasteiger charge is 2.32. The van der Waals surface area contributed by atoms with Crippen molar-refractivity contribution in [3.8, 4) is 0 Å². The minimum Gasteiger partial charge on any atom is -0.399 e. The van der Waals surface area contributed by atoms with Crippen LogP contribution in [0.4, 0.5) is 21.5 Å². The van der Waals surface area contributed by atoms with Crippen molar-refractivity contribution < 1.29 is 9.13 Å². The molecule has 1 aliphatic heterocycles. The van der Waals surface area contributed by atoms with Gasteiger partial charge in [-0.15, -0.1) is 0 Å². The Morgan fingerprint density at radius 3 is 2.46 bits per heavy atom. The van der Waals surface area contributed by atoms with Gasteiger partial charge in [-0.1, -0.05) is 12.1 Å². The molecule has 3 N–H and O–H groups in total. The predicted molar refractivity (Wildman–Crippen MR) is 96.9 cm³/mol. The van der Waals surface area contributed by atoms with Gasteiger partial charge in [0.2, 0.25) is 0 Å². The van der Waals surface area contributed by atoms with Crippen molar-refractivity contribution in [2.45, 2.75) is 38.9 Å². The number of nitrogens with zero attached hydrogens (tertiary/aromatic N) is 1. The third-order valence-electron chi connectivity index (χ3n) is 4.26. The van der Waals surface area contributed by atoms with E-state index in [2.05, 4.69) is 5.32 Å². The van der Waals surface area contributed by atoms with E-state index in [0.717, 1.165) is 29.2 Å². The molecule has 2 aromatic rings. The maximum atomic E-state index is 14.4. The standard InChI is InChI=1S/C19H24FN3O/c1-13-12-23(19(20)14(2)24-13)18-9-7-17(8-10-18)22-11-15-3-5-16(21)6-4-15/h3-10,13-14,19,22H,11-12,21H2,1-2H3. The molecule has 4 nitrogen and oxygen atoms in total. The molecule has 0 aromatic heterocycles. The van der Waals surface area contributed by atoms with Crippen LogP contribution in [0.1, 0.15) is 19.4 Å². The molecule has 0 saturated carbocycles. The van der Waals surface area contributed by atoms with Crippen molar-refractivity contribution in [2.24, 2.45) is 0 Å². The van der Waals surface area contributed by atoms with Crippen LogP contribution >= 0.6 is 0 Å². The summed E-state index contributed by atoms with van der Waals surface area (Å²) in [6, 6.07) is 15.6. The fourth-order valence-corrected chi connectivity index (χ4v) is 2.96. The molecule has 128 valence electrons. The molecule has 24 heavy (non-hydrogen) atoms. The molecule has 0 radical (unpaired) electrons. The van der Waals surface area contributed by atoms with Crippen molar-refractivity contribution in [1.29, 1.82) is 0 Å². The van der Waals surface area contributed by atoms with E-state index in [9.17, 15) is 4.39 Å². The lowest BCUT2D eigenvalue weighted by atomic mass is 10.1. The molecule has 0 amide bonds. The van der Waals surface area contributed by atoms with Crippen molar-refractivity contribution in [3.05, 3.63) is 54.1 Å². The van der Waals surface area contributed by atoms with Crippen LogP contribution in [0.25, 0.3) is 0 Å². The molecule has 1 heterocycles. The molecule has 0 aliphatic carbocycles. The first-order valence-electron chi connectivity index (χ1n) is 8.27. The molecule has 3 atom stereocenters. The van der Waals surface area contributed by atoms with Gasteiger partial charge in [-0.05, 0) is 55.8 Å². The molecule has 1 aliphatic rings. The monoisotopic (exact) mass is 329 g/mol. The highest BCUT2D eigenvalue weighted by molar-refractivity contribution is 5.56. The average Bonchev–Trinajstić information content (AvgIpc) is 2.58. The van der Waals surface area contributed by atoms with Gasteiger partial charge in [0.25, 0.3) is 0 Å². The molecule has 2 aromatic carbocycles. The summed E-state index contributed by atoms with van der Waals surface area (Å²) in [6.45, 7) is 5.02. The second kappa shape index (κ2) is 7.09. The summed E-state index contributed by atoms with van der Waals surface area (Å²) in [6.07, 6.45) is -1.51. The van der Waals surface area contributed by atoms with Gasteiger partial charge in [0.15, 0.2) is 6.30 Å². The number of nitrogen functional groups attached to an aromatic ring is 1. The summed E-state index contributed by atoms with van der Waals surface area (Å²) < 4.78 is 19.9. The Kier molecular flexibility index (Phi) is 4.90. The van der Waals surface area contributed by atoms with Crippen LogP contribution in [0, 0.1) is 0 Å². The van der Waals surface area contributed by atoms with Crippen LogP contribution in [-0.4, -0.2) is 25.0 Å². The number of halogens is 1. The van der Waals surface area contributed by atoms with E-state index in [0.29, 0.717) is 6.54 Å². The Hall–Kier alpha value is -2.27. The van der Waals surface area contributed by atoms with Gasteiger partial charge in [0.05, 0.1) is 6.10 Å². The minimum atomic E-state index is -1.12. The number of hydrogen-bond donors (Lipinski definition) is 2. The first-order valence-corrected chi connectivity index (χ1v) is 8.27. The zero-order chi connectivity index (χ0) is 17.1. The van der Waals surface area contributed by atoms with Crippen molar-refractivity contribution in [3.63, 3.8) is 0 Å². The number of nitrogens with two attached hydrogens (primary N) is 1. The number of ether oxygens (including phenoxy) is 1. The van der Waals surface area contributed by atoms with Crippen LogP contribution in [0.3, 0.4) is 0 Å². The summed E-state index contributed by atoms with van der Waals surface area (Å²) in [5, 5.41) is 3.36. The number of morpholine rings is 1. The fourth-order valence-electron chi connectivity index (χ4n) is 2.96. The summed E-state index contributed by atoms with van der Waals surface area (Å²) in [5.41, 5.74) is 9.49. The van der Waals surface area contributed by atoms with Gasteiger partial charge in [0.1, 0.15) is 6.10 Å². The lowest BCUT2D eigenvalue weighted by Crippen LogP contribution is -2.51. The molecule has 1 fully saturated rings. The summed E-state index contributed by atoms with van der Waals surface area (Å²) >= 11 is 0. The zero-order valence-electron chi connectivity index (χ0n) is 14.1. The van der Waals surface area contributed by atoms with E-state index in [1.165, 1.54) is 0 Å². The third kappa shape index (κ3) is 3.79. The van der Waals surface area contributed by atoms with Crippen molar-refractivity contribution in [1.82, 2.24) is 0 Å². The molecule has 5 heteroatoms. The normalized spacial score (nSPS) is 24.0. The largest absolute Gasteiger partial charge is 0.399 e. The Bertz CT molecular complexity index is 659. The van der Waals surface area contributed by atoms with E-state index >= 15 is 0 Å². The van der Waals surface area contributed by atoms with Crippen molar-refractivity contribution >= 4 is 17.1 Å². The Morgan fingerprint density at radius 2 is 1.79 bits per heavy atom. The summed E-state index contributed by atoms with van der Waals surface area (Å²) in [7, 11) is 0. The molecule has 0 spiro atoms. The Labute approximate surface area is 142 Å². The van der Waals surface area contributed by atoms with E-state index in [-0.39, 0.29) is 6.10 Å². The average molecular weight is 329 g/mol. The van der Waals surface area contributed by atoms with E-state index in [1.54, 1.807) is 11.8 Å². The van der Waals surface area contributed by atoms with Crippen LogP contribution in [0.2, 0.25) is 0 Å². The second-order valence-corrected chi connectivity index (χ2v) is 6.32.